The van der Waals surface area contributed by atoms with Crippen LogP contribution >= 0.6 is 23.4 Å². The third-order valence-corrected chi connectivity index (χ3v) is 2.67. The summed E-state index contributed by atoms with van der Waals surface area (Å²) in [4.78, 5) is 4.11. The van der Waals surface area contributed by atoms with E-state index in [0.717, 1.165) is 11.4 Å². The molecule has 0 aliphatic carbocycles. The fourth-order valence-electron chi connectivity index (χ4n) is 1.25. The molecule has 1 heterocycles. The zero-order chi connectivity index (χ0) is 9.97. The van der Waals surface area contributed by atoms with E-state index < -0.39 is 0 Å². The molecule has 0 radical (unpaired) electrons. The minimum Gasteiger partial charge on any atom is -0.238 e. The Hall–Kier alpha value is -0.990. The molecule has 0 N–H and O–H groups in total. The van der Waals surface area contributed by atoms with E-state index in [0.29, 0.717) is 11.6 Å². The molecule has 4 heteroatoms. The van der Waals surface area contributed by atoms with Crippen molar-refractivity contribution in [1.29, 1.82) is 0 Å². The average molecular weight is 227 g/mol. The number of imidazole rings is 1. The van der Waals surface area contributed by atoms with Gasteiger partial charge in [0.1, 0.15) is 11.0 Å². The van der Waals surface area contributed by atoms with Gasteiger partial charge in [-0.25, -0.2) is 9.07 Å². The van der Waals surface area contributed by atoms with Gasteiger partial charge in [0, 0.05) is 18.2 Å². The normalized spacial score (nSPS) is 10.4. The Morgan fingerprint density at radius 2 is 1.93 bits per heavy atom. The van der Waals surface area contributed by atoms with Crippen LogP contribution in [0.3, 0.4) is 0 Å². The van der Waals surface area contributed by atoms with Crippen LogP contribution in [0.1, 0.15) is 11.4 Å². The van der Waals surface area contributed by atoms with Gasteiger partial charge >= 0.3 is 0 Å². The lowest BCUT2D eigenvalue weighted by atomic mass is 10.1. The summed E-state index contributed by atoms with van der Waals surface area (Å²) in [7, 11) is 0. The molecule has 0 aliphatic rings. The average Bonchev–Trinajstić information content (AvgIpc) is 2.52. The molecule has 2 nitrogen and oxygen atoms in total. The quantitative estimate of drug-likeness (QED) is 0.770. The Balaban J connectivity index is 2.23. The van der Waals surface area contributed by atoms with Crippen molar-refractivity contribution >= 4 is 23.4 Å². The molecular weight excluding hydrogens is 219 g/mol. The molecule has 1 aromatic heterocycles. The van der Waals surface area contributed by atoms with E-state index in [-0.39, 0.29) is 0 Å². The monoisotopic (exact) mass is 226 g/mol. The Labute approximate surface area is 92.2 Å². The van der Waals surface area contributed by atoms with E-state index in [1.807, 2.05) is 30.3 Å². The molecule has 14 heavy (non-hydrogen) atoms. The number of hydrogen-bond donors (Lipinski definition) is 0. The molecule has 1 aromatic carbocycles. The van der Waals surface area contributed by atoms with Gasteiger partial charge in [0.15, 0.2) is 0 Å². The Kier molecular flexibility index (Phi) is 2.75. The van der Waals surface area contributed by atoms with Gasteiger partial charge in [-0.05, 0) is 5.56 Å². The fourth-order valence-corrected chi connectivity index (χ4v) is 1.54. The van der Waals surface area contributed by atoms with Crippen molar-refractivity contribution in [2.24, 2.45) is 0 Å². The summed E-state index contributed by atoms with van der Waals surface area (Å²) in [6.45, 7) is 0. The fraction of sp³-hybridized carbons (Fsp3) is 0.100. The molecule has 0 atom stereocenters. The van der Waals surface area contributed by atoms with Crippen molar-refractivity contribution in [3.63, 3.8) is 0 Å². The number of nitrogens with zero attached hydrogens (tertiary/aromatic N) is 2. The third-order valence-electron chi connectivity index (χ3n) is 1.94. The number of hydrogen-bond acceptors (Lipinski definition) is 1. The summed E-state index contributed by atoms with van der Waals surface area (Å²) in [6, 6.07) is 10.00. The molecule has 0 aliphatic heterocycles. The lowest BCUT2D eigenvalue weighted by Crippen LogP contribution is -1.94. The molecule has 0 amide bonds. The Bertz CT molecular complexity index is 423. The van der Waals surface area contributed by atoms with E-state index in [4.69, 9.17) is 23.4 Å². The van der Waals surface area contributed by atoms with E-state index in [1.165, 1.54) is 4.09 Å². The number of aromatic nitrogens is 2. The maximum absolute atomic E-state index is 5.88. The summed E-state index contributed by atoms with van der Waals surface area (Å²) in [5, 5.41) is 0.442. The standard InChI is InChI=1S/C10H8Cl2N2/c11-9-7-13-10(14(9)12)6-8-4-2-1-3-5-8/h1-5,7H,6H2. The maximum Gasteiger partial charge on any atom is 0.144 e. The molecule has 0 saturated heterocycles. The summed E-state index contributed by atoms with van der Waals surface area (Å²) in [6.07, 6.45) is 2.24. The van der Waals surface area contributed by atoms with Crippen molar-refractivity contribution < 1.29 is 0 Å². The molecule has 0 unspecified atom stereocenters. The lowest BCUT2D eigenvalue weighted by molar-refractivity contribution is 0.984. The van der Waals surface area contributed by atoms with E-state index in [9.17, 15) is 0 Å². The van der Waals surface area contributed by atoms with Gasteiger partial charge < -0.3 is 0 Å². The first kappa shape index (κ1) is 9.56. The second-order valence-corrected chi connectivity index (χ2v) is 3.67. The van der Waals surface area contributed by atoms with Gasteiger partial charge in [0.05, 0.1) is 6.20 Å². The molecule has 2 aromatic rings. The van der Waals surface area contributed by atoms with Crippen molar-refractivity contribution in [2.45, 2.75) is 6.42 Å². The van der Waals surface area contributed by atoms with Crippen LogP contribution in [0.4, 0.5) is 0 Å². The van der Waals surface area contributed by atoms with Crippen LogP contribution in [-0.4, -0.2) is 9.07 Å². The molecular formula is C10H8Cl2N2. The second-order valence-electron chi connectivity index (χ2n) is 2.94. The first-order valence-corrected chi connectivity index (χ1v) is 4.91. The Morgan fingerprint density at radius 3 is 2.50 bits per heavy atom. The highest BCUT2D eigenvalue weighted by molar-refractivity contribution is 6.33. The van der Waals surface area contributed by atoms with Gasteiger partial charge in [-0.2, -0.15) is 0 Å². The van der Waals surface area contributed by atoms with Crippen molar-refractivity contribution in [3.8, 4) is 0 Å². The van der Waals surface area contributed by atoms with E-state index in [1.54, 1.807) is 6.20 Å². The summed E-state index contributed by atoms with van der Waals surface area (Å²) in [5.74, 6) is 0.753. The lowest BCUT2D eigenvalue weighted by Gasteiger charge is -1.99. The predicted octanol–water partition coefficient (Wildman–Crippen LogP) is 3.13. The second kappa shape index (κ2) is 4.03. The highest BCUT2D eigenvalue weighted by atomic mass is 35.5. The first-order chi connectivity index (χ1) is 6.77. The highest BCUT2D eigenvalue weighted by Gasteiger charge is 2.06. The van der Waals surface area contributed by atoms with Crippen LogP contribution in [0.5, 0.6) is 0 Å². The van der Waals surface area contributed by atoms with Crippen LogP contribution < -0.4 is 0 Å². The van der Waals surface area contributed by atoms with Gasteiger partial charge in [-0.1, -0.05) is 41.9 Å². The van der Waals surface area contributed by atoms with E-state index in [2.05, 4.69) is 4.98 Å². The van der Waals surface area contributed by atoms with Crippen LogP contribution in [0, 0.1) is 0 Å². The van der Waals surface area contributed by atoms with Crippen LogP contribution in [0.25, 0.3) is 0 Å². The van der Waals surface area contributed by atoms with Gasteiger partial charge in [0.25, 0.3) is 0 Å². The van der Waals surface area contributed by atoms with Gasteiger partial charge in [-0.3, -0.25) is 0 Å². The van der Waals surface area contributed by atoms with Crippen molar-refractivity contribution in [3.05, 3.63) is 53.1 Å². The van der Waals surface area contributed by atoms with Crippen LogP contribution in [0.2, 0.25) is 5.15 Å². The maximum atomic E-state index is 5.88. The first-order valence-electron chi connectivity index (χ1n) is 4.19. The minimum atomic E-state index is 0.442. The topological polar surface area (TPSA) is 17.8 Å². The summed E-state index contributed by atoms with van der Waals surface area (Å²) < 4.78 is 1.37. The molecule has 0 fully saturated rings. The van der Waals surface area contributed by atoms with Crippen LogP contribution in [0.15, 0.2) is 36.5 Å². The molecule has 2 rings (SSSR count). The Morgan fingerprint density at radius 1 is 1.21 bits per heavy atom. The smallest absolute Gasteiger partial charge is 0.144 e. The summed E-state index contributed by atoms with van der Waals surface area (Å²) >= 11 is 11.6. The molecule has 72 valence electrons. The zero-order valence-corrected chi connectivity index (χ0v) is 8.83. The number of rotatable bonds is 2. The highest BCUT2D eigenvalue weighted by Crippen LogP contribution is 2.16. The van der Waals surface area contributed by atoms with Gasteiger partial charge in [-0.15, -0.1) is 0 Å². The predicted molar refractivity (Wildman–Crippen MR) is 57.7 cm³/mol. The van der Waals surface area contributed by atoms with Crippen molar-refractivity contribution in [1.82, 2.24) is 9.07 Å². The largest absolute Gasteiger partial charge is 0.238 e. The summed E-state index contributed by atoms with van der Waals surface area (Å²) in [5.41, 5.74) is 1.16. The number of benzene rings is 1. The molecule has 0 spiro atoms. The minimum absolute atomic E-state index is 0.442. The molecule has 0 saturated carbocycles. The SMILES string of the molecule is Clc1cnc(Cc2ccccc2)n1Cl. The number of halogens is 2. The van der Waals surface area contributed by atoms with Gasteiger partial charge in [0.2, 0.25) is 0 Å². The molecule has 0 bridgehead atoms. The van der Waals surface area contributed by atoms with Crippen molar-refractivity contribution in [2.75, 3.05) is 0 Å². The van der Waals surface area contributed by atoms with E-state index >= 15 is 0 Å². The zero-order valence-electron chi connectivity index (χ0n) is 7.32. The van der Waals surface area contributed by atoms with Crippen LogP contribution in [-0.2, 0) is 6.42 Å². The third kappa shape index (κ3) is 1.91.